The Kier molecular flexibility index (Phi) is 2.80. The van der Waals surface area contributed by atoms with Gasteiger partial charge in [0.05, 0.1) is 0 Å². The number of aliphatic hydroxyl groups is 1. The summed E-state index contributed by atoms with van der Waals surface area (Å²) in [4.78, 5) is 11.1. The molecule has 0 aliphatic carbocycles. The number of hydrogen-bond donors (Lipinski definition) is 1. The van der Waals surface area contributed by atoms with Crippen LogP contribution in [0.5, 0.6) is 0 Å². The molecule has 68 valence electrons. The van der Waals surface area contributed by atoms with Crippen molar-refractivity contribution in [2.45, 2.75) is 6.92 Å². The smallest absolute Gasteiger partial charge is 0.224 e. The minimum absolute atomic E-state index is 0.169. The second-order valence-corrected chi connectivity index (χ2v) is 2.67. The lowest BCUT2D eigenvalue weighted by atomic mass is 10.1. The summed E-state index contributed by atoms with van der Waals surface area (Å²) in [6.07, 6.45) is 0.169. The second-order valence-electron chi connectivity index (χ2n) is 2.67. The number of carbonyl (C=O) groups excluding carboxylic acids is 1. The van der Waals surface area contributed by atoms with Crippen molar-refractivity contribution in [3.05, 3.63) is 47.5 Å². The van der Waals surface area contributed by atoms with E-state index in [4.69, 9.17) is 5.11 Å². The summed E-state index contributed by atoms with van der Waals surface area (Å²) < 4.78 is 12.6. The third-order valence-electron chi connectivity index (χ3n) is 1.64. The van der Waals surface area contributed by atoms with Crippen molar-refractivity contribution in [3.8, 4) is 0 Å². The molecule has 0 unspecified atom stereocenters. The van der Waals surface area contributed by atoms with Gasteiger partial charge in [-0.2, -0.15) is 4.39 Å². The van der Waals surface area contributed by atoms with E-state index in [1.165, 1.54) is 12.1 Å². The molecule has 2 nitrogen and oxygen atoms in total. The number of Topliss-reactive ketones (excluding diaryl/α,β-unsaturated/α-hetero) is 1. The monoisotopic (exact) mass is 180 g/mol. The number of benzene rings is 1. The SMILES string of the molecule is Cc1ccc(C(=O)C(F)=CO)cc1. The van der Waals surface area contributed by atoms with E-state index in [1.54, 1.807) is 12.1 Å². The van der Waals surface area contributed by atoms with Gasteiger partial charge in [0.15, 0.2) is 0 Å². The number of hydrogen-bond acceptors (Lipinski definition) is 2. The second kappa shape index (κ2) is 3.85. The van der Waals surface area contributed by atoms with E-state index in [2.05, 4.69) is 0 Å². The van der Waals surface area contributed by atoms with Crippen LogP contribution in [-0.4, -0.2) is 10.9 Å². The molecule has 0 spiro atoms. The average molecular weight is 180 g/mol. The molecule has 0 aromatic heterocycles. The molecule has 1 N–H and O–H groups in total. The molecule has 0 saturated carbocycles. The van der Waals surface area contributed by atoms with Gasteiger partial charge in [-0.15, -0.1) is 0 Å². The highest BCUT2D eigenvalue weighted by molar-refractivity contribution is 6.06. The Balaban J connectivity index is 2.97. The Hall–Kier alpha value is -1.64. The highest BCUT2D eigenvalue weighted by atomic mass is 19.1. The minimum atomic E-state index is -1.15. The maximum atomic E-state index is 12.6. The summed E-state index contributed by atoms with van der Waals surface area (Å²) in [7, 11) is 0. The van der Waals surface area contributed by atoms with E-state index in [9.17, 15) is 9.18 Å². The van der Waals surface area contributed by atoms with Gasteiger partial charge in [-0.25, -0.2) is 0 Å². The first-order valence-electron chi connectivity index (χ1n) is 3.76. The molecule has 0 amide bonds. The molecule has 0 bridgehead atoms. The predicted molar refractivity (Wildman–Crippen MR) is 47.3 cm³/mol. The first kappa shape index (κ1) is 9.45. The van der Waals surface area contributed by atoms with Crippen molar-refractivity contribution in [3.63, 3.8) is 0 Å². The van der Waals surface area contributed by atoms with Crippen LogP contribution < -0.4 is 0 Å². The van der Waals surface area contributed by atoms with Crippen molar-refractivity contribution < 1.29 is 14.3 Å². The normalized spacial score (nSPS) is 11.4. The molecule has 0 aliphatic rings. The Morgan fingerprint density at radius 3 is 2.38 bits per heavy atom. The number of aliphatic hydroxyl groups excluding tert-OH is 1. The number of ketones is 1. The molecule has 13 heavy (non-hydrogen) atoms. The van der Waals surface area contributed by atoms with Gasteiger partial charge < -0.3 is 5.11 Å². The largest absolute Gasteiger partial charge is 0.512 e. The number of allylic oxidation sites excluding steroid dienone is 1. The molecule has 0 aliphatic heterocycles. The van der Waals surface area contributed by atoms with Crippen LogP contribution in [0.1, 0.15) is 15.9 Å². The van der Waals surface area contributed by atoms with Gasteiger partial charge >= 0.3 is 0 Å². The molecule has 0 heterocycles. The van der Waals surface area contributed by atoms with Crippen molar-refractivity contribution in [2.24, 2.45) is 0 Å². The van der Waals surface area contributed by atoms with Gasteiger partial charge in [0.2, 0.25) is 11.6 Å². The van der Waals surface area contributed by atoms with E-state index in [-0.39, 0.29) is 11.8 Å². The summed E-state index contributed by atoms with van der Waals surface area (Å²) in [5, 5.41) is 8.26. The van der Waals surface area contributed by atoms with Crippen LogP contribution in [0.4, 0.5) is 4.39 Å². The zero-order valence-corrected chi connectivity index (χ0v) is 7.12. The molecule has 0 saturated heterocycles. The van der Waals surface area contributed by atoms with Crippen LogP contribution in [-0.2, 0) is 0 Å². The quantitative estimate of drug-likeness (QED) is 0.431. The van der Waals surface area contributed by atoms with E-state index >= 15 is 0 Å². The molecule has 3 heteroatoms. The van der Waals surface area contributed by atoms with Gasteiger partial charge in [0.1, 0.15) is 6.26 Å². The van der Waals surface area contributed by atoms with Gasteiger partial charge in [-0.3, -0.25) is 4.79 Å². The van der Waals surface area contributed by atoms with Crippen LogP contribution in [0, 0.1) is 6.92 Å². The average Bonchev–Trinajstić information content (AvgIpc) is 2.17. The third kappa shape index (κ3) is 2.15. The number of rotatable bonds is 2. The molecule has 1 aromatic carbocycles. The number of aryl methyl sites for hydroxylation is 1. The molecular weight excluding hydrogens is 171 g/mol. The van der Waals surface area contributed by atoms with Crippen LogP contribution in [0.3, 0.4) is 0 Å². The van der Waals surface area contributed by atoms with Crippen molar-refractivity contribution in [2.75, 3.05) is 0 Å². The van der Waals surface area contributed by atoms with Crippen LogP contribution in [0.25, 0.3) is 0 Å². The van der Waals surface area contributed by atoms with E-state index in [0.29, 0.717) is 0 Å². The fourth-order valence-corrected chi connectivity index (χ4v) is 0.901. The standard InChI is InChI=1S/C10H9FO2/c1-7-2-4-8(5-3-7)10(13)9(11)6-12/h2-6,12H,1H3. The molecular formula is C10H9FO2. The van der Waals surface area contributed by atoms with Crippen molar-refractivity contribution in [1.82, 2.24) is 0 Å². The first-order valence-corrected chi connectivity index (χ1v) is 3.76. The van der Waals surface area contributed by atoms with Crippen LogP contribution in [0.2, 0.25) is 0 Å². The van der Waals surface area contributed by atoms with Gasteiger partial charge in [-0.1, -0.05) is 29.8 Å². The fourth-order valence-electron chi connectivity index (χ4n) is 0.901. The number of carbonyl (C=O) groups is 1. The maximum Gasteiger partial charge on any atom is 0.224 e. The van der Waals surface area contributed by atoms with Gasteiger partial charge in [0.25, 0.3) is 0 Å². The minimum Gasteiger partial charge on any atom is -0.512 e. The Labute approximate surface area is 75.3 Å². The Bertz CT molecular complexity index is 338. The lowest BCUT2D eigenvalue weighted by Crippen LogP contribution is -1.99. The molecule has 0 atom stereocenters. The summed E-state index contributed by atoms with van der Waals surface area (Å²) in [6, 6.07) is 6.44. The summed E-state index contributed by atoms with van der Waals surface area (Å²) in [5.41, 5.74) is 1.22. The van der Waals surface area contributed by atoms with Crippen LogP contribution >= 0.6 is 0 Å². The van der Waals surface area contributed by atoms with E-state index < -0.39 is 11.6 Å². The summed E-state index contributed by atoms with van der Waals surface area (Å²) >= 11 is 0. The lowest BCUT2D eigenvalue weighted by Gasteiger charge is -1.97. The zero-order chi connectivity index (χ0) is 9.84. The summed E-state index contributed by atoms with van der Waals surface area (Å²) in [6.45, 7) is 1.87. The summed E-state index contributed by atoms with van der Waals surface area (Å²) in [5.74, 6) is -1.95. The third-order valence-corrected chi connectivity index (χ3v) is 1.64. The fraction of sp³-hybridized carbons (Fsp3) is 0.100. The molecule has 0 fully saturated rings. The Morgan fingerprint density at radius 2 is 1.92 bits per heavy atom. The van der Waals surface area contributed by atoms with E-state index in [1.807, 2.05) is 6.92 Å². The number of halogens is 1. The van der Waals surface area contributed by atoms with Crippen molar-refractivity contribution >= 4 is 5.78 Å². The van der Waals surface area contributed by atoms with Crippen LogP contribution in [0.15, 0.2) is 36.4 Å². The first-order chi connectivity index (χ1) is 6.15. The van der Waals surface area contributed by atoms with Crippen molar-refractivity contribution in [1.29, 1.82) is 0 Å². The molecule has 0 radical (unpaired) electrons. The highest BCUT2D eigenvalue weighted by Crippen LogP contribution is 2.09. The Morgan fingerprint density at radius 1 is 1.38 bits per heavy atom. The molecule has 1 aromatic rings. The highest BCUT2D eigenvalue weighted by Gasteiger charge is 2.10. The zero-order valence-electron chi connectivity index (χ0n) is 7.12. The lowest BCUT2D eigenvalue weighted by molar-refractivity contribution is 0.1000. The topological polar surface area (TPSA) is 37.3 Å². The maximum absolute atomic E-state index is 12.6. The molecule has 1 rings (SSSR count). The van der Waals surface area contributed by atoms with E-state index in [0.717, 1.165) is 5.56 Å². The van der Waals surface area contributed by atoms with Gasteiger partial charge in [0, 0.05) is 5.56 Å². The van der Waals surface area contributed by atoms with Gasteiger partial charge in [-0.05, 0) is 6.92 Å². The predicted octanol–water partition coefficient (Wildman–Crippen LogP) is 2.55.